The molecule has 0 saturated heterocycles. The SMILES string of the molecule is CCOc1cc(C2C(C#N)=C(N)OC3=C2C(=O)CC(C)(C)C3)ccc1OCC(=O)Nc1ccccc1. The average Bonchev–Trinajstić information content (AvgIpc) is 2.82. The molecular weight excluding hydrogens is 458 g/mol. The first-order valence-corrected chi connectivity index (χ1v) is 11.8. The molecular formula is C28H29N3O5. The lowest BCUT2D eigenvalue weighted by Gasteiger charge is -2.37. The molecule has 4 rings (SSSR count). The number of ether oxygens (including phenoxy) is 3. The van der Waals surface area contributed by atoms with E-state index >= 15 is 0 Å². The van der Waals surface area contributed by atoms with Gasteiger partial charge in [-0.3, -0.25) is 9.59 Å². The number of nitrogens with one attached hydrogen (secondary N) is 1. The monoisotopic (exact) mass is 487 g/mol. The third kappa shape index (κ3) is 5.20. The van der Waals surface area contributed by atoms with Crippen LogP contribution < -0.4 is 20.5 Å². The molecule has 0 radical (unpaired) electrons. The summed E-state index contributed by atoms with van der Waals surface area (Å²) in [6.07, 6.45) is 0.889. The zero-order valence-electron chi connectivity index (χ0n) is 20.6. The average molecular weight is 488 g/mol. The van der Waals surface area contributed by atoms with E-state index in [-0.39, 0.29) is 35.2 Å². The lowest BCUT2D eigenvalue weighted by molar-refractivity contribution is -0.119. The highest BCUT2D eigenvalue weighted by molar-refractivity contribution is 6.00. The van der Waals surface area contributed by atoms with Crippen LogP contribution in [0.1, 0.15) is 45.1 Å². The molecule has 1 amide bonds. The first-order valence-electron chi connectivity index (χ1n) is 11.8. The van der Waals surface area contributed by atoms with Crippen LogP contribution >= 0.6 is 0 Å². The third-order valence-corrected chi connectivity index (χ3v) is 6.09. The summed E-state index contributed by atoms with van der Waals surface area (Å²) in [5.41, 5.74) is 7.82. The van der Waals surface area contributed by atoms with Crippen LogP contribution in [0.4, 0.5) is 5.69 Å². The number of nitrogens with two attached hydrogens (primary N) is 1. The van der Waals surface area contributed by atoms with Crippen molar-refractivity contribution in [1.29, 1.82) is 5.26 Å². The maximum atomic E-state index is 13.2. The molecule has 0 spiro atoms. The summed E-state index contributed by atoms with van der Waals surface area (Å²) in [5, 5.41) is 12.6. The number of hydrogen-bond acceptors (Lipinski definition) is 7. The number of nitrogens with zero attached hydrogens (tertiary/aromatic N) is 1. The highest BCUT2D eigenvalue weighted by Gasteiger charge is 2.43. The topological polar surface area (TPSA) is 124 Å². The highest BCUT2D eigenvalue weighted by Crippen LogP contribution is 2.48. The summed E-state index contributed by atoms with van der Waals surface area (Å²) in [7, 11) is 0. The largest absolute Gasteiger partial charge is 0.490 e. The first kappa shape index (κ1) is 24.9. The van der Waals surface area contributed by atoms with E-state index in [0.717, 1.165) is 0 Å². The number of anilines is 1. The Morgan fingerprint density at radius 3 is 2.61 bits per heavy atom. The Hall–Kier alpha value is -4.25. The van der Waals surface area contributed by atoms with Gasteiger partial charge in [0.2, 0.25) is 5.88 Å². The van der Waals surface area contributed by atoms with Gasteiger partial charge in [-0.1, -0.05) is 38.1 Å². The number of allylic oxidation sites excluding steroid dienone is 3. The van der Waals surface area contributed by atoms with Crippen molar-refractivity contribution in [2.75, 3.05) is 18.5 Å². The zero-order chi connectivity index (χ0) is 25.9. The molecule has 1 heterocycles. The Kier molecular flexibility index (Phi) is 7.02. The predicted molar refractivity (Wildman–Crippen MR) is 134 cm³/mol. The van der Waals surface area contributed by atoms with E-state index in [1.807, 2.05) is 39.0 Å². The van der Waals surface area contributed by atoms with Crippen LogP contribution in [0.3, 0.4) is 0 Å². The number of hydrogen-bond donors (Lipinski definition) is 2. The molecule has 1 unspecified atom stereocenters. The van der Waals surface area contributed by atoms with Gasteiger partial charge in [0.15, 0.2) is 23.9 Å². The number of rotatable bonds is 7. The van der Waals surface area contributed by atoms with E-state index < -0.39 is 5.92 Å². The van der Waals surface area contributed by atoms with E-state index in [1.165, 1.54) is 0 Å². The van der Waals surface area contributed by atoms with Crippen LogP contribution in [0, 0.1) is 16.7 Å². The van der Waals surface area contributed by atoms with Crippen LogP contribution in [0.15, 0.2) is 71.3 Å². The molecule has 0 fully saturated rings. The van der Waals surface area contributed by atoms with Gasteiger partial charge in [-0.05, 0) is 42.2 Å². The van der Waals surface area contributed by atoms with Crippen molar-refractivity contribution in [3.8, 4) is 17.6 Å². The Bertz CT molecular complexity index is 1290. The predicted octanol–water partition coefficient (Wildman–Crippen LogP) is 4.55. The number of carbonyl (C=O) groups excluding carboxylic acids is 2. The molecule has 2 aromatic rings. The number of para-hydroxylation sites is 1. The van der Waals surface area contributed by atoms with Gasteiger partial charge in [0, 0.05) is 24.1 Å². The summed E-state index contributed by atoms with van der Waals surface area (Å²) < 4.78 is 17.3. The maximum Gasteiger partial charge on any atom is 0.262 e. The fraction of sp³-hybridized carbons (Fsp3) is 0.321. The van der Waals surface area contributed by atoms with Crippen LogP contribution in [0.2, 0.25) is 0 Å². The Labute approximate surface area is 210 Å². The van der Waals surface area contributed by atoms with E-state index in [0.29, 0.717) is 53.5 Å². The quantitative estimate of drug-likeness (QED) is 0.587. The van der Waals surface area contributed by atoms with Crippen LogP contribution in [-0.2, 0) is 14.3 Å². The molecule has 0 saturated carbocycles. The Morgan fingerprint density at radius 2 is 1.92 bits per heavy atom. The minimum absolute atomic E-state index is 0.00243. The summed E-state index contributed by atoms with van der Waals surface area (Å²) in [5.74, 6) is 0.229. The molecule has 36 heavy (non-hydrogen) atoms. The molecule has 8 nitrogen and oxygen atoms in total. The summed E-state index contributed by atoms with van der Waals surface area (Å²) in [6, 6.07) is 16.4. The number of carbonyl (C=O) groups is 2. The van der Waals surface area contributed by atoms with Crippen molar-refractivity contribution >= 4 is 17.4 Å². The standard InChI is InChI=1S/C28H29N3O5/c1-4-34-22-12-17(10-11-21(22)35-16-24(33)31-18-8-6-5-7-9-18)25-19(15-29)27(30)36-23-14-28(2,3)13-20(32)26(23)25/h5-12,25H,4,13-14,16,30H2,1-3H3,(H,31,33). The smallest absolute Gasteiger partial charge is 0.262 e. The van der Waals surface area contributed by atoms with Gasteiger partial charge in [0.05, 0.1) is 12.5 Å². The van der Waals surface area contributed by atoms with Gasteiger partial charge in [-0.15, -0.1) is 0 Å². The highest BCUT2D eigenvalue weighted by atomic mass is 16.5. The number of Topliss-reactive ketones (excluding diaryl/α,β-unsaturated/α-hetero) is 1. The number of amides is 1. The van der Waals surface area contributed by atoms with E-state index in [1.54, 1.807) is 30.3 Å². The Balaban J connectivity index is 1.63. The molecule has 1 aliphatic heterocycles. The second-order valence-corrected chi connectivity index (χ2v) is 9.54. The van der Waals surface area contributed by atoms with Crippen LogP contribution in [0.25, 0.3) is 0 Å². The summed E-state index contributed by atoms with van der Waals surface area (Å²) in [4.78, 5) is 25.5. The van der Waals surface area contributed by atoms with Crippen LogP contribution in [0.5, 0.6) is 11.5 Å². The minimum atomic E-state index is -0.669. The van der Waals surface area contributed by atoms with Gasteiger partial charge in [-0.2, -0.15) is 5.26 Å². The van der Waals surface area contributed by atoms with Crippen molar-refractivity contribution in [1.82, 2.24) is 0 Å². The number of benzene rings is 2. The second kappa shape index (κ2) is 10.2. The zero-order valence-corrected chi connectivity index (χ0v) is 20.6. The molecule has 8 heteroatoms. The van der Waals surface area contributed by atoms with Crippen LogP contribution in [-0.4, -0.2) is 24.9 Å². The normalized spacial score (nSPS) is 18.6. The lowest BCUT2D eigenvalue weighted by atomic mass is 9.70. The van der Waals surface area contributed by atoms with Gasteiger partial charge < -0.3 is 25.3 Å². The molecule has 1 atom stereocenters. The number of ketones is 1. The number of nitriles is 1. The molecule has 0 bridgehead atoms. The Morgan fingerprint density at radius 1 is 1.17 bits per heavy atom. The third-order valence-electron chi connectivity index (χ3n) is 6.09. The fourth-order valence-electron chi connectivity index (χ4n) is 4.57. The molecule has 3 N–H and O–H groups in total. The second-order valence-electron chi connectivity index (χ2n) is 9.54. The van der Waals surface area contributed by atoms with Gasteiger partial charge in [0.1, 0.15) is 17.4 Å². The molecule has 2 aromatic carbocycles. The minimum Gasteiger partial charge on any atom is -0.490 e. The van der Waals surface area contributed by atoms with E-state index in [4.69, 9.17) is 19.9 Å². The van der Waals surface area contributed by atoms with Crippen molar-refractivity contribution in [3.63, 3.8) is 0 Å². The van der Waals surface area contributed by atoms with E-state index in [9.17, 15) is 14.9 Å². The van der Waals surface area contributed by atoms with Crippen molar-refractivity contribution in [2.45, 2.75) is 39.5 Å². The molecule has 1 aliphatic carbocycles. The summed E-state index contributed by atoms with van der Waals surface area (Å²) >= 11 is 0. The molecule has 0 aromatic heterocycles. The van der Waals surface area contributed by atoms with Gasteiger partial charge >= 0.3 is 0 Å². The lowest BCUT2D eigenvalue weighted by Crippen LogP contribution is -2.33. The van der Waals surface area contributed by atoms with Crippen molar-refractivity contribution < 1.29 is 23.8 Å². The first-order chi connectivity index (χ1) is 17.2. The van der Waals surface area contributed by atoms with Crippen molar-refractivity contribution in [3.05, 3.63) is 76.9 Å². The van der Waals surface area contributed by atoms with Gasteiger partial charge in [0.25, 0.3) is 5.91 Å². The fourth-order valence-corrected chi connectivity index (χ4v) is 4.57. The molecule has 2 aliphatic rings. The summed E-state index contributed by atoms with van der Waals surface area (Å²) in [6.45, 7) is 5.97. The van der Waals surface area contributed by atoms with Crippen molar-refractivity contribution in [2.24, 2.45) is 11.1 Å². The molecule has 186 valence electrons. The van der Waals surface area contributed by atoms with E-state index in [2.05, 4.69) is 11.4 Å². The maximum absolute atomic E-state index is 13.2. The van der Waals surface area contributed by atoms with Gasteiger partial charge in [-0.25, -0.2) is 0 Å².